The van der Waals surface area contributed by atoms with Gasteiger partial charge in [-0.15, -0.1) is 24.2 Å². The Morgan fingerprint density at radius 2 is 2.05 bits per heavy atom. The molecule has 1 heterocycles. The van der Waals surface area contributed by atoms with Crippen molar-refractivity contribution in [3.63, 3.8) is 0 Å². The van der Waals surface area contributed by atoms with Gasteiger partial charge in [0.2, 0.25) is 5.91 Å². The lowest BCUT2D eigenvalue weighted by atomic mass is 10.2. The van der Waals surface area contributed by atoms with Gasteiger partial charge in [0, 0.05) is 6.54 Å². The fraction of sp³-hybridized carbons (Fsp3) is 0.500. The molecule has 0 bridgehead atoms. The predicted octanol–water partition coefficient (Wildman–Crippen LogP) is 3.94. The third-order valence-electron chi connectivity index (χ3n) is 3.20. The molecule has 1 fully saturated rings. The molecule has 1 unspecified atom stereocenters. The summed E-state index contributed by atoms with van der Waals surface area (Å²) in [6.45, 7) is 1.75. The van der Waals surface area contributed by atoms with Crippen molar-refractivity contribution in [2.75, 3.05) is 32.9 Å². The highest BCUT2D eigenvalue weighted by atomic mass is 35.5. The van der Waals surface area contributed by atoms with E-state index in [1.54, 1.807) is 17.8 Å². The van der Waals surface area contributed by atoms with Crippen LogP contribution in [-0.2, 0) is 4.79 Å². The second-order valence-electron chi connectivity index (χ2n) is 5.08. The summed E-state index contributed by atoms with van der Waals surface area (Å²) in [4.78, 5) is 16.1. The highest BCUT2D eigenvalue weighted by Gasteiger charge is 2.32. The van der Waals surface area contributed by atoms with Gasteiger partial charge in [-0.2, -0.15) is 0 Å². The van der Waals surface area contributed by atoms with Crippen LogP contribution >= 0.6 is 47.4 Å². The molecule has 0 spiro atoms. The molecule has 3 nitrogen and oxygen atoms in total. The Kier molecular flexibility index (Phi) is 7.65. The van der Waals surface area contributed by atoms with Crippen molar-refractivity contribution in [1.82, 2.24) is 9.80 Å². The molecule has 1 aromatic rings. The predicted molar refractivity (Wildman–Crippen MR) is 93.8 cm³/mol. The van der Waals surface area contributed by atoms with E-state index in [0.29, 0.717) is 15.8 Å². The number of carbonyl (C=O) groups is 1. The van der Waals surface area contributed by atoms with Gasteiger partial charge >= 0.3 is 0 Å². The zero-order valence-corrected chi connectivity index (χ0v) is 15.2. The monoisotopic (exact) mass is 368 g/mol. The van der Waals surface area contributed by atoms with Gasteiger partial charge in [-0.05, 0) is 44.8 Å². The molecule has 2 rings (SSSR count). The zero-order valence-electron chi connectivity index (χ0n) is 12.0. The first-order chi connectivity index (χ1) is 9.49. The van der Waals surface area contributed by atoms with Crippen LogP contribution in [0.4, 0.5) is 0 Å². The lowest BCUT2D eigenvalue weighted by molar-refractivity contribution is -0.128. The Balaban J connectivity index is 0.00000220. The van der Waals surface area contributed by atoms with Crippen LogP contribution in [0.3, 0.4) is 0 Å². The van der Waals surface area contributed by atoms with E-state index < -0.39 is 0 Å². The Labute approximate surface area is 146 Å². The molecule has 1 amide bonds. The first kappa shape index (κ1) is 18.9. The zero-order chi connectivity index (χ0) is 14.7. The topological polar surface area (TPSA) is 23.6 Å². The summed E-state index contributed by atoms with van der Waals surface area (Å²) in [5.41, 5.74) is 1.04. The van der Waals surface area contributed by atoms with E-state index >= 15 is 0 Å². The minimum atomic E-state index is 0. The molecule has 1 aromatic carbocycles. The smallest absolute Gasteiger partial charge is 0.233 e. The van der Waals surface area contributed by atoms with Crippen LogP contribution in [0.2, 0.25) is 10.0 Å². The quantitative estimate of drug-likeness (QED) is 0.785. The third-order valence-corrected chi connectivity index (χ3v) is 5.20. The number of amides is 1. The minimum Gasteiger partial charge on any atom is -0.326 e. The van der Waals surface area contributed by atoms with Crippen molar-refractivity contribution in [3.8, 4) is 0 Å². The average molecular weight is 370 g/mol. The van der Waals surface area contributed by atoms with E-state index in [2.05, 4.69) is 4.90 Å². The van der Waals surface area contributed by atoms with E-state index in [1.807, 2.05) is 31.1 Å². The van der Waals surface area contributed by atoms with Gasteiger partial charge in [-0.25, -0.2) is 0 Å². The number of nitrogens with zero attached hydrogens (tertiary/aromatic N) is 2. The van der Waals surface area contributed by atoms with Crippen LogP contribution in [0.25, 0.3) is 0 Å². The first-order valence-corrected chi connectivity index (χ1v) is 8.30. The summed E-state index contributed by atoms with van der Waals surface area (Å²) < 4.78 is 0. The Hall–Kier alpha value is -0.130. The van der Waals surface area contributed by atoms with Gasteiger partial charge in [0.05, 0.1) is 15.8 Å². The van der Waals surface area contributed by atoms with E-state index in [4.69, 9.17) is 23.2 Å². The van der Waals surface area contributed by atoms with Crippen molar-refractivity contribution < 1.29 is 4.79 Å². The summed E-state index contributed by atoms with van der Waals surface area (Å²) in [5.74, 6) is 0.734. The number of rotatable bonds is 5. The Morgan fingerprint density at radius 1 is 1.33 bits per heavy atom. The van der Waals surface area contributed by atoms with Gasteiger partial charge in [0.25, 0.3) is 0 Å². The van der Waals surface area contributed by atoms with Gasteiger partial charge in [0.1, 0.15) is 5.37 Å². The maximum Gasteiger partial charge on any atom is 0.233 e. The average Bonchev–Trinajstić information content (AvgIpc) is 2.74. The molecule has 0 N–H and O–H groups in total. The molecule has 1 aliphatic heterocycles. The lowest BCUT2D eigenvalue weighted by Crippen LogP contribution is -2.31. The SMILES string of the molecule is CN(C)CCCN1C(=O)CSC1c1ccc(Cl)c(Cl)c1.Cl. The maximum absolute atomic E-state index is 12.0. The molecule has 0 saturated carbocycles. The van der Waals surface area contributed by atoms with Crippen LogP contribution in [0.5, 0.6) is 0 Å². The van der Waals surface area contributed by atoms with Gasteiger partial charge < -0.3 is 9.80 Å². The molecule has 0 aliphatic carbocycles. The fourth-order valence-corrected chi connectivity index (χ4v) is 3.71. The highest BCUT2D eigenvalue weighted by molar-refractivity contribution is 8.00. The minimum absolute atomic E-state index is 0. The second-order valence-corrected chi connectivity index (χ2v) is 6.96. The highest BCUT2D eigenvalue weighted by Crippen LogP contribution is 2.40. The Bertz CT molecular complexity index is 499. The largest absolute Gasteiger partial charge is 0.326 e. The first-order valence-electron chi connectivity index (χ1n) is 6.50. The van der Waals surface area contributed by atoms with Gasteiger partial charge in [-0.3, -0.25) is 4.79 Å². The van der Waals surface area contributed by atoms with Crippen molar-refractivity contribution in [1.29, 1.82) is 0 Å². The van der Waals surface area contributed by atoms with Crippen LogP contribution in [-0.4, -0.2) is 48.6 Å². The van der Waals surface area contributed by atoms with Crippen LogP contribution in [0, 0.1) is 0 Å². The number of hydrogen-bond donors (Lipinski definition) is 0. The number of benzene rings is 1. The van der Waals surface area contributed by atoms with E-state index in [-0.39, 0.29) is 23.7 Å². The molecule has 1 aliphatic rings. The lowest BCUT2D eigenvalue weighted by Gasteiger charge is -2.25. The molecule has 7 heteroatoms. The van der Waals surface area contributed by atoms with Crippen molar-refractivity contribution >= 4 is 53.3 Å². The van der Waals surface area contributed by atoms with E-state index in [9.17, 15) is 4.79 Å². The molecule has 0 aromatic heterocycles. The second kappa shape index (κ2) is 8.49. The number of carbonyl (C=O) groups excluding carboxylic acids is 1. The summed E-state index contributed by atoms with van der Waals surface area (Å²) in [5, 5.41) is 1.14. The summed E-state index contributed by atoms with van der Waals surface area (Å²) in [6, 6.07) is 5.60. The van der Waals surface area contributed by atoms with Crippen molar-refractivity contribution in [2.24, 2.45) is 0 Å². The molecule has 21 heavy (non-hydrogen) atoms. The molecule has 1 atom stereocenters. The summed E-state index contributed by atoms with van der Waals surface area (Å²) in [7, 11) is 4.08. The fourth-order valence-electron chi connectivity index (χ4n) is 2.20. The van der Waals surface area contributed by atoms with E-state index in [0.717, 1.165) is 25.1 Å². The third kappa shape index (κ3) is 4.93. The summed E-state index contributed by atoms with van der Waals surface area (Å²) >= 11 is 13.7. The van der Waals surface area contributed by atoms with Crippen LogP contribution in [0.15, 0.2) is 18.2 Å². The summed E-state index contributed by atoms with van der Waals surface area (Å²) in [6.07, 6.45) is 0.969. The number of hydrogen-bond acceptors (Lipinski definition) is 3. The van der Waals surface area contributed by atoms with Gasteiger partial charge in [-0.1, -0.05) is 29.3 Å². The van der Waals surface area contributed by atoms with Crippen molar-refractivity contribution in [3.05, 3.63) is 33.8 Å². The maximum atomic E-state index is 12.0. The van der Waals surface area contributed by atoms with Gasteiger partial charge in [0.15, 0.2) is 0 Å². The molecule has 0 radical (unpaired) electrons. The molecule has 118 valence electrons. The van der Waals surface area contributed by atoms with Crippen LogP contribution in [0.1, 0.15) is 17.4 Å². The normalized spacial score (nSPS) is 18.2. The molecular formula is C14H19Cl3N2OS. The molecular weight excluding hydrogens is 351 g/mol. The Morgan fingerprint density at radius 3 is 2.67 bits per heavy atom. The van der Waals surface area contributed by atoms with E-state index in [1.165, 1.54) is 0 Å². The number of thioether (sulfide) groups is 1. The molecule has 1 saturated heterocycles. The number of halogens is 3. The van der Waals surface area contributed by atoms with Crippen LogP contribution < -0.4 is 0 Å². The standard InChI is InChI=1S/C14H18Cl2N2OS.ClH/c1-17(2)6-3-7-18-13(19)9-20-14(18)10-4-5-11(15)12(16)8-10;/h4-5,8,14H,3,6-7,9H2,1-2H3;1H. The van der Waals surface area contributed by atoms with Crippen molar-refractivity contribution in [2.45, 2.75) is 11.8 Å².